The fraction of sp³-hybridized carbons (Fsp3) is 0.333. The van der Waals surface area contributed by atoms with Crippen molar-refractivity contribution in [1.29, 1.82) is 0 Å². The molecule has 2 rings (SSSR count). The summed E-state index contributed by atoms with van der Waals surface area (Å²) in [6.07, 6.45) is 1.62. The van der Waals surface area contributed by atoms with Crippen LogP contribution in [0, 0.1) is 0 Å². The van der Waals surface area contributed by atoms with E-state index in [1.807, 2.05) is 12.1 Å². The highest BCUT2D eigenvalue weighted by Crippen LogP contribution is 2.21. The van der Waals surface area contributed by atoms with Crippen molar-refractivity contribution in [3.63, 3.8) is 0 Å². The van der Waals surface area contributed by atoms with Crippen LogP contribution < -0.4 is 5.32 Å². The summed E-state index contributed by atoms with van der Waals surface area (Å²) in [5, 5.41) is 4.02. The molecule has 0 aromatic carbocycles. The molecule has 2 heterocycles. The van der Waals surface area contributed by atoms with Gasteiger partial charge in [-0.25, -0.2) is 0 Å². The van der Waals surface area contributed by atoms with Crippen LogP contribution in [0.25, 0.3) is 11.6 Å². The van der Waals surface area contributed by atoms with Crippen molar-refractivity contribution >= 4 is 16.7 Å². The van der Waals surface area contributed by atoms with E-state index >= 15 is 0 Å². The van der Waals surface area contributed by atoms with E-state index in [2.05, 4.69) is 28.5 Å². The van der Waals surface area contributed by atoms with Gasteiger partial charge in [0.05, 0.1) is 6.26 Å². The van der Waals surface area contributed by atoms with Crippen LogP contribution in [0.1, 0.15) is 13.8 Å². The van der Waals surface area contributed by atoms with Crippen molar-refractivity contribution in [1.82, 2.24) is 9.36 Å². The molecule has 2 aromatic heterocycles. The molecule has 0 aliphatic carbocycles. The van der Waals surface area contributed by atoms with Gasteiger partial charge in [0.25, 0.3) is 0 Å². The summed E-state index contributed by atoms with van der Waals surface area (Å²) in [5.41, 5.74) is 0. The molecule has 0 saturated heterocycles. The van der Waals surface area contributed by atoms with Gasteiger partial charge >= 0.3 is 0 Å². The third-order valence-corrected chi connectivity index (χ3v) is 2.23. The van der Waals surface area contributed by atoms with Crippen molar-refractivity contribution < 1.29 is 4.42 Å². The molecule has 14 heavy (non-hydrogen) atoms. The van der Waals surface area contributed by atoms with Crippen LogP contribution in [0.3, 0.4) is 0 Å². The first kappa shape index (κ1) is 9.21. The largest absolute Gasteiger partial charge is 0.461 e. The molecule has 0 atom stereocenters. The molecule has 1 N–H and O–H groups in total. The summed E-state index contributed by atoms with van der Waals surface area (Å²) < 4.78 is 9.38. The Morgan fingerprint density at radius 2 is 2.36 bits per heavy atom. The molecule has 0 amide bonds. The minimum atomic E-state index is 0.368. The third kappa shape index (κ3) is 1.93. The monoisotopic (exact) mass is 209 g/mol. The minimum absolute atomic E-state index is 0.368. The lowest BCUT2D eigenvalue weighted by atomic mass is 10.4. The Kier molecular flexibility index (Phi) is 2.49. The highest BCUT2D eigenvalue weighted by Gasteiger charge is 2.08. The first-order valence-electron chi connectivity index (χ1n) is 4.40. The van der Waals surface area contributed by atoms with E-state index in [0.717, 1.165) is 5.13 Å². The zero-order valence-corrected chi connectivity index (χ0v) is 8.84. The average molecular weight is 209 g/mol. The summed E-state index contributed by atoms with van der Waals surface area (Å²) in [7, 11) is 0. The summed E-state index contributed by atoms with van der Waals surface area (Å²) in [4.78, 5) is 4.30. The van der Waals surface area contributed by atoms with E-state index in [9.17, 15) is 0 Å². The molecule has 0 fully saturated rings. The van der Waals surface area contributed by atoms with E-state index < -0.39 is 0 Å². The fourth-order valence-electron chi connectivity index (χ4n) is 1.03. The van der Waals surface area contributed by atoms with Crippen molar-refractivity contribution in [2.24, 2.45) is 0 Å². The number of anilines is 1. The second kappa shape index (κ2) is 3.79. The highest BCUT2D eigenvalue weighted by atomic mass is 32.1. The van der Waals surface area contributed by atoms with Gasteiger partial charge in [-0.1, -0.05) is 0 Å². The summed E-state index contributed by atoms with van der Waals surface area (Å²) >= 11 is 1.34. The first-order chi connectivity index (χ1) is 6.75. The zero-order valence-electron chi connectivity index (χ0n) is 8.02. The summed E-state index contributed by atoms with van der Waals surface area (Å²) in [5.74, 6) is 1.35. The Morgan fingerprint density at radius 1 is 1.50 bits per heavy atom. The van der Waals surface area contributed by atoms with Gasteiger partial charge in [-0.05, 0) is 26.0 Å². The quantitative estimate of drug-likeness (QED) is 0.844. The lowest BCUT2D eigenvalue weighted by Crippen LogP contribution is -2.08. The number of aromatic nitrogens is 2. The van der Waals surface area contributed by atoms with Crippen LogP contribution >= 0.6 is 11.5 Å². The van der Waals surface area contributed by atoms with Crippen LogP contribution in [0.15, 0.2) is 22.8 Å². The van der Waals surface area contributed by atoms with Crippen LogP contribution in [0.5, 0.6) is 0 Å². The van der Waals surface area contributed by atoms with Crippen molar-refractivity contribution in [2.75, 3.05) is 5.32 Å². The zero-order chi connectivity index (χ0) is 9.97. The van der Waals surface area contributed by atoms with Gasteiger partial charge in [0, 0.05) is 17.6 Å². The van der Waals surface area contributed by atoms with E-state index in [4.69, 9.17) is 4.42 Å². The predicted octanol–water partition coefficient (Wildman–Crippen LogP) is 2.62. The Morgan fingerprint density at radius 3 is 3.00 bits per heavy atom. The lowest BCUT2D eigenvalue weighted by Gasteiger charge is -2.03. The maximum Gasteiger partial charge on any atom is 0.210 e. The third-order valence-electron chi connectivity index (χ3n) is 1.58. The van der Waals surface area contributed by atoms with Crippen molar-refractivity contribution in [2.45, 2.75) is 19.9 Å². The van der Waals surface area contributed by atoms with Crippen LogP contribution in [-0.2, 0) is 0 Å². The molecular weight excluding hydrogens is 198 g/mol. The minimum Gasteiger partial charge on any atom is -0.461 e. The molecule has 4 nitrogen and oxygen atoms in total. The molecule has 74 valence electrons. The Hall–Kier alpha value is -1.36. The van der Waals surface area contributed by atoms with Gasteiger partial charge in [0.1, 0.15) is 0 Å². The first-order valence-corrected chi connectivity index (χ1v) is 5.17. The van der Waals surface area contributed by atoms with Gasteiger partial charge in [0.2, 0.25) is 11.0 Å². The average Bonchev–Trinajstić information content (AvgIpc) is 2.69. The molecular formula is C9H11N3OS. The second-order valence-electron chi connectivity index (χ2n) is 3.20. The predicted molar refractivity (Wildman–Crippen MR) is 56.4 cm³/mol. The molecule has 0 radical (unpaired) electrons. The SMILES string of the molecule is CC(C)Nc1nc(-c2ccco2)ns1. The van der Waals surface area contributed by atoms with E-state index in [-0.39, 0.29) is 0 Å². The topological polar surface area (TPSA) is 51.0 Å². The molecule has 0 bridgehead atoms. The van der Waals surface area contributed by atoms with E-state index in [1.54, 1.807) is 6.26 Å². The van der Waals surface area contributed by atoms with Gasteiger partial charge in [-0.15, -0.1) is 0 Å². The maximum absolute atomic E-state index is 5.19. The molecule has 0 aliphatic rings. The summed E-state index contributed by atoms with van der Waals surface area (Å²) in [6.45, 7) is 4.13. The number of hydrogen-bond acceptors (Lipinski definition) is 5. The Bertz CT molecular complexity index is 394. The molecule has 0 spiro atoms. The molecule has 2 aromatic rings. The van der Waals surface area contributed by atoms with Gasteiger partial charge < -0.3 is 9.73 Å². The van der Waals surface area contributed by atoms with Crippen LogP contribution in [-0.4, -0.2) is 15.4 Å². The Labute approximate surface area is 86.1 Å². The summed E-state index contributed by atoms with van der Waals surface area (Å²) in [6, 6.07) is 4.04. The van der Waals surface area contributed by atoms with Gasteiger partial charge in [-0.3, -0.25) is 0 Å². The molecule has 0 saturated carbocycles. The van der Waals surface area contributed by atoms with Crippen molar-refractivity contribution in [3.8, 4) is 11.6 Å². The molecule has 0 aliphatic heterocycles. The van der Waals surface area contributed by atoms with E-state index in [0.29, 0.717) is 17.6 Å². The number of hydrogen-bond donors (Lipinski definition) is 1. The molecule has 5 heteroatoms. The number of nitrogens with one attached hydrogen (secondary N) is 1. The number of furan rings is 1. The van der Waals surface area contributed by atoms with E-state index in [1.165, 1.54) is 11.5 Å². The van der Waals surface area contributed by atoms with Gasteiger partial charge in [0.15, 0.2) is 5.76 Å². The van der Waals surface area contributed by atoms with Gasteiger partial charge in [-0.2, -0.15) is 9.36 Å². The lowest BCUT2D eigenvalue weighted by molar-refractivity contribution is 0.578. The maximum atomic E-state index is 5.19. The van der Waals surface area contributed by atoms with Crippen molar-refractivity contribution in [3.05, 3.63) is 18.4 Å². The van der Waals surface area contributed by atoms with Crippen LogP contribution in [0.4, 0.5) is 5.13 Å². The van der Waals surface area contributed by atoms with Crippen LogP contribution in [0.2, 0.25) is 0 Å². The number of nitrogens with zero attached hydrogens (tertiary/aromatic N) is 2. The standard InChI is InChI=1S/C9H11N3OS/c1-6(2)10-9-11-8(12-14-9)7-4-3-5-13-7/h3-6H,1-2H3,(H,10,11,12). The highest BCUT2D eigenvalue weighted by molar-refractivity contribution is 7.09. The fourth-order valence-corrected chi connectivity index (χ4v) is 1.75. The Balaban J connectivity index is 2.18. The molecule has 0 unspecified atom stereocenters. The smallest absolute Gasteiger partial charge is 0.210 e. The normalized spacial score (nSPS) is 10.8. The second-order valence-corrected chi connectivity index (χ2v) is 3.95. The number of rotatable bonds is 3.